The van der Waals surface area contributed by atoms with E-state index in [1.165, 1.54) is 11.3 Å². The lowest BCUT2D eigenvalue weighted by Gasteiger charge is -2.29. The van der Waals surface area contributed by atoms with Crippen LogP contribution in [0.2, 0.25) is 0 Å². The van der Waals surface area contributed by atoms with Crippen molar-refractivity contribution < 1.29 is 9.59 Å². The van der Waals surface area contributed by atoms with Crippen molar-refractivity contribution in [3.8, 4) is 0 Å². The summed E-state index contributed by atoms with van der Waals surface area (Å²) >= 11 is 3.07. The molecule has 116 valence electrons. The van der Waals surface area contributed by atoms with Crippen molar-refractivity contribution in [1.82, 2.24) is 9.88 Å². The van der Waals surface area contributed by atoms with Crippen molar-refractivity contribution in [3.63, 3.8) is 0 Å². The summed E-state index contributed by atoms with van der Waals surface area (Å²) in [5, 5.41) is 3.45. The summed E-state index contributed by atoms with van der Waals surface area (Å²) in [6.07, 6.45) is 0. The monoisotopic (exact) mass is 327 g/mol. The number of carbonyl (C=O) groups is 2. The third-order valence-electron chi connectivity index (χ3n) is 3.35. The highest BCUT2D eigenvalue weighted by Gasteiger charge is 2.39. The standard InChI is InChI=1S/C14H21N3O2S2/c1-8-9(2)21-13(15-8)16-11(18)10-6-20-7-17(10)12(19)14(3,4)5/h10H,6-7H2,1-5H3,(H,15,16,18)/t10-/m0/s1. The van der Waals surface area contributed by atoms with E-state index in [0.29, 0.717) is 16.8 Å². The molecule has 1 aromatic rings. The minimum atomic E-state index is -0.474. The molecule has 1 aliphatic rings. The Kier molecular flexibility index (Phi) is 4.63. The van der Waals surface area contributed by atoms with Gasteiger partial charge in [-0.25, -0.2) is 4.98 Å². The number of rotatable bonds is 2. The number of aromatic nitrogens is 1. The molecule has 1 atom stereocenters. The number of thioether (sulfide) groups is 1. The molecule has 1 aromatic heterocycles. The molecule has 0 bridgehead atoms. The van der Waals surface area contributed by atoms with Crippen LogP contribution in [-0.2, 0) is 9.59 Å². The normalized spacial score (nSPS) is 18.9. The molecular weight excluding hydrogens is 306 g/mol. The molecule has 2 heterocycles. The average Bonchev–Trinajstić information content (AvgIpc) is 2.95. The lowest BCUT2D eigenvalue weighted by Crippen LogP contribution is -2.48. The first kappa shape index (κ1) is 16.3. The second-order valence-electron chi connectivity index (χ2n) is 6.19. The van der Waals surface area contributed by atoms with Crippen LogP contribution in [0.15, 0.2) is 0 Å². The van der Waals surface area contributed by atoms with Crippen LogP contribution >= 0.6 is 23.1 Å². The number of aryl methyl sites for hydroxylation is 2. The van der Waals surface area contributed by atoms with Gasteiger partial charge in [-0.1, -0.05) is 20.8 Å². The molecule has 2 rings (SSSR count). The summed E-state index contributed by atoms with van der Waals surface area (Å²) in [4.78, 5) is 31.9. The maximum Gasteiger partial charge on any atom is 0.249 e. The molecule has 1 saturated heterocycles. The van der Waals surface area contributed by atoms with E-state index >= 15 is 0 Å². The molecule has 0 spiro atoms. The maximum absolute atomic E-state index is 12.4. The first-order chi connectivity index (χ1) is 9.70. The number of nitrogens with one attached hydrogen (secondary N) is 1. The number of thiazole rings is 1. The fourth-order valence-electron chi connectivity index (χ4n) is 2.01. The molecule has 0 aliphatic carbocycles. The zero-order valence-corrected chi connectivity index (χ0v) is 14.7. The van der Waals surface area contributed by atoms with Crippen molar-refractivity contribution >= 4 is 40.0 Å². The Balaban J connectivity index is 2.09. The first-order valence-corrected chi connectivity index (χ1v) is 8.81. The van der Waals surface area contributed by atoms with E-state index < -0.39 is 11.5 Å². The summed E-state index contributed by atoms with van der Waals surface area (Å²) in [6.45, 7) is 9.52. The average molecular weight is 327 g/mol. The molecule has 1 fully saturated rings. The predicted octanol–water partition coefficient (Wildman–Crippen LogP) is 2.65. The van der Waals surface area contributed by atoms with Crippen LogP contribution in [-0.4, -0.2) is 39.4 Å². The largest absolute Gasteiger partial charge is 0.320 e. The molecule has 0 radical (unpaired) electrons. The maximum atomic E-state index is 12.4. The van der Waals surface area contributed by atoms with Gasteiger partial charge in [0, 0.05) is 16.0 Å². The van der Waals surface area contributed by atoms with Gasteiger partial charge in [0.1, 0.15) is 6.04 Å². The molecule has 21 heavy (non-hydrogen) atoms. The van der Waals surface area contributed by atoms with Crippen LogP contribution in [0.25, 0.3) is 0 Å². The number of anilines is 1. The van der Waals surface area contributed by atoms with E-state index in [4.69, 9.17) is 0 Å². The highest BCUT2D eigenvalue weighted by atomic mass is 32.2. The zero-order chi connectivity index (χ0) is 15.8. The number of hydrogen-bond acceptors (Lipinski definition) is 5. The molecule has 0 unspecified atom stereocenters. The van der Waals surface area contributed by atoms with Gasteiger partial charge in [-0.2, -0.15) is 0 Å². The van der Waals surface area contributed by atoms with Gasteiger partial charge in [-0.3, -0.25) is 9.59 Å². The molecule has 5 nitrogen and oxygen atoms in total. The quantitative estimate of drug-likeness (QED) is 0.907. The van der Waals surface area contributed by atoms with Crippen LogP contribution in [0.3, 0.4) is 0 Å². The van der Waals surface area contributed by atoms with Crippen LogP contribution in [0.1, 0.15) is 31.3 Å². The molecule has 1 aliphatic heterocycles. The SMILES string of the molecule is Cc1nc(NC(=O)[C@@H]2CSCN2C(=O)C(C)(C)C)sc1C. The second kappa shape index (κ2) is 5.96. The minimum absolute atomic E-state index is 0.0131. The number of carbonyl (C=O) groups excluding carboxylic acids is 2. The fraction of sp³-hybridized carbons (Fsp3) is 0.643. The van der Waals surface area contributed by atoms with Crippen molar-refractivity contribution in [2.45, 2.75) is 40.7 Å². The fourth-order valence-corrected chi connectivity index (χ4v) is 3.98. The Morgan fingerprint density at radius 2 is 2.00 bits per heavy atom. The number of hydrogen-bond donors (Lipinski definition) is 1. The van der Waals surface area contributed by atoms with Crippen molar-refractivity contribution in [1.29, 1.82) is 0 Å². The summed E-state index contributed by atoms with van der Waals surface area (Å²) < 4.78 is 0. The first-order valence-electron chi connectivity index (χ1n) is 6.84. The lowest BCUT2D eigenvalue weighted by atomic mass is 9.94. The Hall–Kier alpha value is -1.08. The second-order valence-corrected chi connectivity index (χ2v) is 8.39. The van der Waals surface area contributed by atoms with E-state index in [-0.39, 0.29) is 11.8 Å². The Morgan fingerprint density at radius 1 is 1.33 bits per heavy atom. The molecular formula is C14H21N3O2S2. The van der Waals surface area contributed by atoms with E-state index in [9.17, 15) is 9.59 Å². The molecule has 2 amide bonds. The third kappa shape index (κ3) is 3.58. The van der Waals surface area contributed by atoms with Crippen molar-refractivity contribution in [2.24, 2.45) is 5.41 Å². The summed E-state index contributed by atoms with van der Waals surface area (Å²) in [5.74, 6) is 1.08. The molecule has 1 N–H and O–H groups in total. The van der Waals surface area contributed by atoms with Gasteiger partial charge in [0.25, 0.3) is 0 Å². The highest BCUT2D eigenvalue weighted by molar-refractivity contribution is 7.99. The number of nitrogens with zero attached hydrogens (tertiary/aromatic N) is 2. The van der Waals surface area contributed by atoms with Gasteiger partial charge in [0.05, 0.1) is 11.6 Å². The minimum Gasteiger partial charge on any atom is -0.320 e. The molecule has 7 heteroatoms. The van der Waals surface area contributed by atoms with Gasteiger partial charge in [-0.05, 0) is 13.8 Å². The lowest BCUT2D eigenvalue weighted by molar-refractivity contribution is -0.143. The van der Waals surface area contributed by atoms with Crippen LogP contribution in [0, 0.1) is 19.3 Å². The van der Waals surface area contributed by atoms with Crippen LogP contribution < -0.4 is 5.32 Å². The van der Waals surface area contributed by atoms with Gasteiger partial charge in [0.15, 0.2) is 5.13 Å². The number of amides is 2. The van der Waals surface area contributed by atoms with Crippen molar-refractivity contribution in [2.75, 3.05) is 16.9 Å². The Bertz CT molecular complexity index is 544. The van der Waals surface area contributed by atoms with E-state index in [2.05, 4.69) is 10.3 Å². The summed E-state index contributed by atoms with van der Waals surface area (Å²) in [6, 6.07) is -0.411. The van der Waals surface area contributed by atoms with Gasteiger partial charge < -0.3 is 10.2 Å². The highest BCUT2D eigenvalue weighted by Crippen LogP contribution is 2.29. The Labute approximate surface area is 133 Å². The summed E-state index contributed by atoms with van der Waals surface area (Å²) in [7, 11) is 0. The zero-order valence-electron chi connectivity index (χ0n) is 13.0. The van der Waals surface area contributed by atoms with Gasteiger partial charge in [-0.15, -0.1) is 23.1 Å². The Morgan fingerprint density at radius 3 is 2.52 bits per heavy atom. The van der Waals surface area contributed by atoms with E-state index in [1.807, 2.05) is 34.6 Å². The van der Waals surface area contributed by atoms with Crippen LogP contribution in [0.4, 0.5) is 5.13 Å². The molecule has 0 aromatic carbocycles. The molecule has 0 saturated carbocycles. The van der Waals surface area contributed by atoms with Crippen LogP contribution in [0.5, 0.6) is 0 Å². The smallest absolute Gasteiger partial charge is 0.249 e. The topological polar surface area (TPSA) is 62.3 Å². The predicted molar refractivity (Wildman–Crippen MR) is 87.6 cm³/mol. The van der Waals surface area contributed by atoms with Gasteiger partial charge in [0.2, 0.25) is 11.8 Å². The van der Waals surface area contributed by atoms with Crippen molar-refractivity contribution in [3.05, 3.63) is 10.6 Å². The van der Waals surface area contributed by atoms with E-state index in [0.717, 1.165) is 10.6 Å². The van der Waals surface area contributed by atoms with E-state index in [1.54, 1.807) is 16.7 Å². The van der Waals surface area contributed by atoms with Gasteiger partial charge >= 0.3 is 0 Å². The summed E-state index contributed by atoms with van der Waals surface area (Å²) in [5.41, 5.74) is 0.455. The third-order valence-corrected chi connectivity index (χ3v) is 5.35.